The van der Waals surface area contributed by atoms with Gasteiger partial charge in [0.05, 0.1) is 37.5 Å². The van der Waals surface area contributed by atoms with Crippen LogP contribution in [0.1, 0.15) is 0 Å². The van der Waals surface area contributed by atoms with Crippen LogP contribution in [0.4, 0.5) is 0 Å². The molecule has 4 unspecified atom stereocenters. The van der Waals surface area contributed by atoms with Crippen molar-refractivity contribution < 1.29 is 20.4 Å². The number of hydrogen-bond donors (Lipinski definition) is 6. The molecule has 0 saturated carbocycles. The Morgan fingerprint density at radius 3 is 1.25 bits per heavy atom. The number of aliphatic hydroxyl groups excluding tert-OH is 4. The summed E-state index contributed by atoms with van der Waals surface area (Å²) in [7, 11) is 0. The second-order valence-electron chi connectivity index (χ2n) is 2.67. The highest BCUT2D eigenvalue weighted by Gasteiger charge is 2.27. The lowest BCUT2D eigenvalue weighted by Gasteiger charge is -2.25. The van der Waals surface area contributed by atoms with E-state index in [2.05, 4.69) is 0 Å². The SMILES string of the molecule is NC(CO)C(O)C(O)C(N)CO. The standard InChI is InChI=1S/C6H16N2O4/c7-3(1-9)5(11)6(12)4(8)2-10/h3-6,9-12H,1-2,7-8H2. The summed E-state index contributed by atoms with van der Waals surface area (Å²) in [5, 5.41) is 35.3. The summed E-state index contributed by atoms with van der Waals surface area (Å²) in [6.07, 6.45) is -2.64. The highest BCUT2D eigenvalue weighted by atomic mass is 16.3. The molecule has 0 aliphatic carbocycles. The molecule has 0 radical (unpaired) electrons. The van der Waals surface area contributed by atoms with Gasteiger partial charge < -0.3 is 31.9 Å². The highest BCUT2D eigenvalue weighted by Crippen LogP contribution is 2.00. The second kappa shape index (κ2) is 5.41. The smallest absolute Gasteiger partial charge is 0.0988 e. The summed E-state index contributed by atoms with van der Waals surface area (Å²) in [5.41, 5.74) is 10.4. The minimum atomic E-state index is -1.32. The van der Waals surface area contributed by atoms with Gasteiger partial charge in [-0.25, -0.2) is 0 Å². The fourth-order valence-electron chi connectivity index (χ4n) is 0.723. The van der Waals surface area contributed by atoms with Crippen molar-refractivity contribution in [2.45, 2.75) is 24.3 Å². The number of nitrogens with two attached hydrogens (primary N) is 2. The average Bonchev–Trinajstić information content (AvgIpc) is 2.12. The van der Waals surface area contributed by atoms with Gasteiger partial charge >= 0.3 is 0 Å². The maximum absolute atomic E-state index is 9.16. The van der Waals surface area contributed by atoms with Crippen molar-refractivity contribution in [1.82, 2.24) is 0 Å². The molecule has 12 heavy (non-hydrogen) atoms. The largest absolute Gasteiger partial charge is 0.395 e. The average molecular weight is 180 g/mol. The fraction of sp³-hybridized carbons (Fsp3) is 1.00. The fourth-order valence-corrected chi connectivity index (χ4v) is 0.723. The van der Waals surface area contributed by atoms with Crippen molar-refractivity contribution in [1.29, 1.82) is 0 Å². The van der Waals surface area contributed by atoms with Crippen molar-refractivity contribution in [2.24, 2.45) is 11.5 Å². The Kier molecular flexibility index (Phi) is 5.31. The Bertz CT molecular complexity index is 110. The van der Waals surface area contributed by atoms with Gasteiger partial charge in [-0.2, -0.15) is 0 Å². The predicted octanol–water partition coefficient (Wildman–Crippen LogP) is -3.65. The third-order valence-corrected chi connectivity index (χ3v) is 1.65. The van der Waals surface area contributed by atoms with E-state index in [9.17, 15) is 0 Å². The van der Waals surface area contributed by atoms with Gasteiger partial charge in [-0.15, -0.1) is 0 Å². The van der Waals surface area contributed by atoms with E-state index in [4.69, 9.17) is 31.9 Å². The molecule has 0 spiro atoms. The van der Waals surface area contributed by atoms with Crippen LogP contribution in [0.5, 0.6) is 0 Å². The van der Waals surface area contributed by atoms with Crippen LogP contribution in [-0.2, 0) is 0 Å². The third-order valence-electron chi connectivity index (χ3n) is 1.65. The van der Waals surface area contributed by atoms with Crippen molar-refractivity contribution in [2.75, 3.05) is 13.2 Å². The summed E-state index contributed by atoms with van der Waals surface area (Å²) >= 11 is 0. The van der Waals surface area contributed by atoms with Gasteiger partial charge in [-0.05, 0) is 0 Å². The zero-order valence-corrected chi connectivity index (χ0v) is 6.67. The maximum atomic E-state index is 9.16. The second-order valence-corrected chi connectivity index (χ2v) is 2.67. The maximum Gasteiger partial charge on any atom is 0.0988 e. The lowest BCUT2D eigenvalue weighted by Crippen LogP contribution is -2.53. The van der Waals surface area contributed by atoms with Crippen LogP contribution in [0.15, 0.2) is 0 Å². The van der Waals surface area contributed by atoms with E-state index in [1.165, 1.54) is 0 Å². The molecule has 6 heteroatoms. The van der Waals surface area contributed by atoms with Crippen molar-refractivity contribution >= 4 is 0 Å². The van der Waals surface area contributed by atoms with Crippen LogP contribution in [0, 0.1) is 0 Å². The molecular weight excluding hydrogens is 164 g/mol. The first-order chi connectivity index (χ1) is 5.54. The molecule has 0 aliphatic heterocycles. The lowest BCUT2D eigenvalue weighted by molar-refractivity contribution is -0.0282. The molecular formula is C6H16N2O4. The highest BCUT2D eigenvalue weighted by molar-refractivity contribution is 4.84. The normalized spacial score (nSPS) is 21.5. The van der Waals surface area contributed by atoms with E-state index >= 15 is 0 Å². The van der Waals surface area contributed by atoms with Crippen LogP contribution in [0.2, 0.25) is 0 Å². The molecule has 0 bridgehead atoms. The molecule has 0 amide bonds. The summed E-state index contributed by atoms with van der Waals surface area (Å²) in [5.74, 6) is 0. The first kappa shape index (κ1) is 11.8. The number of hydrogen-bond acceptors (Lipinski definition) is 6. The first-order valence-electron chi connectivity index (χ1n) is 3.63. The Labute approximate surface area is 70.4 Å². The van der Waals surface area contributed by atoms with Crippen LogP contribution in [0.3, 0.4) is 0 Å². The first-order valence-corrected chi connectivity index (χ1v) is 3.63. The van der Waals surface area contributed by atoms with E-state index in [1.807, 2.05) is 0 Å². The Morgan fingerprint density at radius 1 is 0.833 bits per heavy atom. The van der Waals surface area contributed by atoms with Crippen LogP contribution in [-0.4, -0.2) is 57.9 Å². The molecule has 0 fully saturated rings. The van der Waals surface area contributed by atoms with Gasteiger partial charge in [0.2, 0.25) is 0 Å². The lowest BCUT2D eigenvalue weighted by atomic mass is 10.0. The van der Waals surface area contributed by atoms with E-state index in [0.717, 1.165) is 0 Å². The molecule has 0 saturated heterocycles. The number of aliphatic hydroxyl groups is 4. The quantitative estimate of drug-likeness (QED) is 0.258. The summed E-state index contributed by atoms with van der Waals surface area (Å²) in [6.45, 7) is -0.896. The van der Waals surface area contributed by atoms with Gasteiger partial charge in [0.15, 0.2) is 0 Å². The molecule has 8 N–H and O–H groups in total. The van der Waals surface area contributed by atoms with Gasteiger partial charge in [-0.3, -0.25) is 0 Å². The molecule has 0 aromatic rings. The molecule has 0 rings (SSSR count). The summed E-state index contributed by atoms with van der Waals surface area (Å²) in [6, 6.07) is -1.89. The topological polar surface area (TPSA) is 133 Å². The van der Waals surface area contributed by atoms with Crippen LogP contribution in [0.25, 0.3) is 0 Å². The molecule has 0 aromatic heterocycles. The van der Waals surface area contributed by atoms with E-state index in [1.54, 1.807) is 0 Å². The van der Waals surface area contributed by atoms with E-state index in [-0.39, 0.29) is 0 Å². The van der Waals surface area contributed by atoms with Crippen molar-refractivity contribution in [3.63, 3.8) is 0 Å². The zero-order valence-electron chi connectivity index (χ0n) is 6.67. The zero-order chi connectivity index (χ0) is 9.72. The molecule has 6 nitrogen and oxygen atoms in total. The molecule has 74 valence electrons. The minimum absolute atomic E-state index is 0.448. The van der Waals surface area contributed by atoms with E-state index in [0.29, 0.717) is 0 Å². The van der Waals surface area contributed by atoms with Gasteiger partial charge in [0.1, 0.15) is 0 Å². The summed E-state index contributed by atoms with van der Waals surface area (Å²) in [4.78, 5) is 0. The monoisotopic (exact) mass is 180 g/mol. The number of rotatable bonds is 5. The third kappa shape index (κ3) is 3.02. The van der Waals surface area contributed by atoms with Crippen LogP contribution < -0.4 is 11.5 Å². The molecule has 0 aromatic carbocycles. The Hall–Kier alpha value is -0.240. The minimum Gasteiger partial charge on any atom is -0.395 e. The van der Waals surface area contributed by atoms with Crippen molar-refractivity contribution in [3.05, 3.63) is 0 Å². The Balaban J connectivity index is 3.99. The predicted molar refractivity (Wildman–Crippen MR) is 42.1 cm³/mol. The van der Waals surface area contributed by atoms with Crippen LogP contribution >= 0.6 is 0 Å². The van der Waals surface area contributed by atoms with Gasteiger partial charge in [0.25, 0.3) is 0 Å². The summed E-state index contributed by atoms with van der Waals surface area (Å²) < 4.78 is 0. The van der Waals surface area contributed by atoms with Gasteiger partial charge in [-0.1, -0.05) is 0 Å². The Morgan fingerprint density at radius 2 is 1.08 bits per heavy atom. The molecule has 0 aliphatic rings. The van der Waals surface area contributed by atoms with Crippen molar-refractivity contribution in [3.8, 4) is 0 Å². The molecule has 0 heterocycles. The molecule has 4 atom stereocenters. The van der Waals surface area contributed by atoms with E-state index < -0.39 is 37.5 Å². The van der Waals surface area contributed by atoms with Gasteiger partial charge in [0, 0.05) is 0 Å².